The van der Waals surface area contributed by atoms with Gasteiger partial charge in [-0.15, -0.1) is 9.24 Å². The summed E-state index contributed by atoms with van der Waals surface area (Å²) in [6, 6.07) is 7.27. The molecule has 0 radical (unpaired) electrons. The molecule has 3 rings (SSSR count). The van der Waals surface area contributed by atoms with Gasteiger partial charge in [0.2, 0.25) is 0 Å². The van der Waals surface area contributed by atoms with Gasteiger partial charge in [-0.1, -0.05) is 46.9 Å². The monoisotopic (exact) mass is 522 g/mol. The Labute approximate surface area is 225 Å². The highest BCUT2D eigenvalue weighted by Gasteiger charge is 2.20. The van der Waals surface area contributed by atoms with Crippen molar-refractivity contribution in [1.29, 1.82) is 0 Å². The molecule has 6 nitrogen and oxygen atoms in total. The molecule has 0 aromatic heterocycles. The Morgan fingerprint density at radius 2 is 1.92 bits per heavy atom. The summed E-state index contributed by atoms with van der Waals surface area (Å²) in [5.74, 6) is 2.54. The lowest BCUT2D eigenvalue weighted by atomic mass is 10.2. The first-order valence-corrected chi connectivity index (χ1v) is 13.0. The van der Waals surface area contributed by atoms with Gasteiger partial charge in [0.15, 0.2) is 0 Å². The van der Waals surface area contributed by atoms with Gasteiger partial charge in [-0.05, 0) is 78.6 Å². The summed E-state index contributed by atoms with van der Waals surface area (Å²) in [4.78, 5) is 11.4. The van der Waals surface area contributed by atoms with Gasteiger partial charge in [-0.2, -0.15) is 0 Å². The summed E-state index contributed by atoms with van der Waals surface area (Å²) in [6.07, 6.45) is 5.20. The zero-order valence-electron chi connectivity index (χ0n) is 22.5. The predicted molar refractivity (Wildman–Crippen MR) is 164 cm³/mol. The minimum absolute atomic E-state index is 0. The molecule has 2 fully saturated rings. The van der Waals surface area contributed by atoms with Crippen LogP contribution in [0.3, 0.4) is 0 Å². The van der Waals surface area contributed by atoms with Crippen LogP contribution in [0.25, 0.3) is 0 Å². The standard InChI is InChI=1S/C11H19N3O.C8H17N.C8H11OP.2CH4/c1-8(2)12-9(3)13-10(4)14-11-5-6-15-7-11;1-3-8-6-5-7-9(8)4-2;1-6-3-4-7(9-2)8(10)5-6;;/h11H,1,5-7H2,2-4H3,(H,12,13,14);8H,3-7H2,1-2H3;3-5H,10H2,1-2H3;2*1H4. The Kier molecular flexibility index (Phi) is 20.6. The fraction of sp³-hybridized carbons (Fsp3) is 0.655. The zero-order valence-corrected chi connectivity index (χ0v) is 23.6. The van der Waals surface area contributed by atoms with E-state index in [0.29, 0.717) is 0 Å². The van der Waals surface area contributed by atoms with Crippen LogP contribution in [0.2, 0.25) is 0 Å². The maximum Gasteiger partial charge on any atom is 0.125 e. The quantitative estimate of drug-likeness (QED) is 0.276. The molecular weight excluding hydrogens is 467 g/mol. The molecule has 0 saturated carbocycles. The molecule has 7 heteroatoms. The van der Waals surface area contributed by atoms with Gasteiger partial charge >= 0.3 is 0 Å². The lowest BCUT2D eigenvalue weighted by Gasteiger charge is -2.20. The third kappa shape index (κ3) is 14.7. The van der Waals surface area contributed by atoms with Crippen LogP contribution in [0.5, 0.6) is 5.75 Å². The fourth-order valence-electron chi connectivity index (χ4n) is 4.12. The summed E-state index contributed by atoms with van der Waals surface area (Å²) in [6.45, 7) is 20.2. The third-order valence-corrected chi connectivity index (χ3v) is 6.21. The molecule has 3 atom stereocenters. The van der Waals surface area contributed by atoms with Crippen LogP contribution in [0.1, 0.15) is 80.7 Å². The Hall–Kier alpha value is -1.75. The van der Waals surface area contributed by atoms with Crippen LogP contribution < -0.4 is 15.4 Å². The number of nitrogens with zero attached hydrogens (tertiary/aromatic N) is 3. The number of hydrogen-bond donors (Lipinski definition) is 1. The van der Waals surface area contributed by atoms with Gasteiger partial charge < -0.3 is 19.7 Å². The van der Waals surface area contributed by atoms with E-state index in [2.05, 4.69) is 62.9 Å². The molecule has 0 spiro atoms. The molecule has 2 aliphatic rings. The largest absolute Gasteiger partial charge is 0.496 e. The summed E-state index contributed by atoms with van der Waals surface area (Å²) < 4.78 is 10.3. The Morgan fingerprint density at radius 3 is 2.39 bits per heavy atom. The summed E-state index contributed by atoms with van der Waals surface area (Å²) in [7, 11) is 4.32. The Bertz CT molecular complexity index is 794. The van der Waals surface area contributed by atoms with E-state index < -0.39 is 0 Å². The number of hydrogen-bond acceptors (Lipinski definition) is 4. The lowest BCUT2D eigenvalue weighted by Crippen LogP contribution is -2.28. The number of ether oxygens (including phenoxy) is 2. The molecule has 2 saturated heterocycles. The van der Waals surface area contributed by atoms with E-state index in [4.69, 9.17) is 9.47 Å². The van der Waals surface area contributed by atoms with Gasteiger partial charge in [0.05, 0.1) is 19.8 Å². The molecule has 0 aliphatic carbocycles. The second kappa shape index (κ2) is 20.3. The number of aryl methyl sites for hydroxylation is 1. The topological polar surface area (TPSA) is 58.5 Å². The van der Waals surface area contributed by atoms with Crippen molar-refractivity contribution in [3.8, 4) is 5.75 Å². The van der Waals surface area contributed by atoms with Crippen molar-refractivity contribution in [3.63, 3.8) is 0 Å². The van der Waals surface area contributed by atoms with Crippen molar-refractivity contribution in [2.75, 3.05) is 33.4 Å². The molecule has 0 bridgehead atoms. The maximum atomic E-state index is 5.24. The third-order valence-electron chi connectivity index (χ3n) is 5.76. The molecule has 1 aromatic carbocycles. The summed E-state index contributed by atoms with van der Waals surface area (Å²) in [5, 5.41) is 4.16. The van der Waals surface area contributed by atoms with Crippen LogP contribution in [0, 0.1) is 6.92 Å². The Morgan fingerprint density at radius 1 is 1.22 bits per heavy atom. The van der Waals surface area contributed by atoms with E-state index in [1.807, 2.05) is 32.9 Å². The average molecular weight is 523 g/mol. The molecule has 1 N–H and O–H groups in total. The maximum absolute atomic E-state index is 5.24. The molecule has 2 aliphatic heterocycles. The number of rotatable bonds is 5. The van der Waals surface area contributed by atoms with E-state index in [9.17, 15) is 0 Å². The first-order chi connectivity index (χ1) is 16.2. The highest BCUT2D eigenvalue weighted by Crippen LogP contribution is 2.18. The van der Waals surface area contributed by atoms with Crippen LogP contribution in [-0.4, -0.2) is 62.1 Å². The molecule has 1 aromatic rings. The first kappa shape index (κ1) is 36.4. The van der Waals surface area contributed by atoms with Crippen molar-refractivity contribution in [2.24, 2.45) is 9.98 Å². The number of nitrogens with one attached hydrogen (secondary N) is 1. The fourth-order valence-corrected chi connectivity index (χ4v) is 4.60. The highest BCUT2D eigenvalue weighted by atomic mass is 31.0. The van der Waals surface area contributed by atoms with E-state index in [1.54, 1.807) is 7.11 Å². The van der Waals surface area contributed by atoms with Crippen molar-refractivity contribution >= 4 is 26.2 Å². The second-order valence-electron chi connectivity index (χ2n) is 8.87. The van der Waals surface area contributed by atoms with Gasteiger partial charge in [-0.25, -0.2) is 4.99 Å². The van der Waals surface area contributed by atoms with Gasteiger partial charge in [0, 0.05) is 23.7 Å². The number of likely N-dealkylation sites (tertiary alicyclic amines) is 1. The average Bonchev–Trinajstić information content (AvgIpc) is 3.45. The lowest BCUT2D eigenvalue weighted by molar-refractivity contribution is 0.194. The highest BCUT2D eigenvalue weighted by molar-refractivity contribution is 7.27. The Balaban J connectivity index is 0. The normalized spacial score (nSPS) is 19.6. The van der Waals surface area contributed by atoms with Gasteiger partial charge in [-0.3, -0.25) is 4.99 Å². The van der Waals surface area contributed by atoms with Gasteiger partial charge in [0.1, 0.15) is 17.4 Å². The van der Waals surface area contributed by atoms with Crippen molar-refractivity contribution in [1.82, 2.24) is 10.2 Å². The van der Waals surface area contributed by atoms with Crippen molar-refractivity contribution < 1.29 is 9.47 Å². The molecule has 36 heavy (non-hydrogen) atoms. The molecule has 0 amide bonds. The minimum Gasteiger partial charge on any atom is -0.496 e. The first-order valence-electron chi connectivity index (χ1n) is 12.4. The number of methoxy groups -OCH3 is 1. The van der Waals surface area contributed by atoms with Crippen molar-refractivity contribution in [3.05, 3.63) is 36.0 Å². The number of aliphatic imine (C=N–C) groups is 2. The molecule has 208 valence electrons. The van der Waals surface area contributed by atoms with Crippen molar-refractivity contribution in [2.45, 2.75) is 94.2 Å². The number of allylic oxidation sites excluding steroid dienone is 1. The van der Waals surface area contributed by atoms with Crippen LogP contribution in [0.15, 0.2) is 40.5 Å². The van der Waals surface area contributed by atoms with E-state index in [1.165, 1.54) is 37.9 Å². The van der Waals surface area contributed by atoms with Crippen LogP contribution >= 0.6 is 9.24 Å². The summed E-state index contributed by atoms with van der Waals surface area (Å²) in [5.41, 5.74) is 2.14. The van der Waals surface area contributed by atoms with E-state index in [0.717, 1.165) is 54.1 Å². The zero-order chi connectivity index (χ0) is 25.5. The minimum atomic E-state index is 0. The van der Waals surface area contributed by atoms with Crippen LogP contribution in [-0.2, 0) is 4.74 Å². The molecule has 3 unspecified atom stereocenters. The smallest absolute Gasteiger partial charge is 0.125 e. The second-order valence-corrected chi connectivity index (χ2v) is 9.50. The van der Waals surface area contributed by atoms with Crippen LogP contribution in [0.4, 0.5) is 0 Å². The molecular formula is C29H55N4O2P. The van der Waals surface area contributed by atoms with E-state index in [-0.39, 0.29) is 20.9 Å². The number of amidine groups is 2. The predicted octanol–water partition coefficient (Wildman–Crippen LogP) is 6.39. The summed E-state index contributed by atoms with van der Waals surface area (Å²) >= 11 is 0. The van der Waals surface area contributed by atoms with Gasteiger partial charge in [0.25, 0.3) is 0 Å². The van der Waals surface area contributed by atoms with E-state index >= 15 is 0 Å². The number of benzene rings is 1. The SMILES string of the molecule is C.C.C=C(C)NC(C)=NC(C)=NC1CCOC1.CCC1CCCN1CC.COc1ccc(C)cc1P. The molecule has 2 heterocycles.